The minimum absolute atomic E-state index is 0.130. The summed E-state index contributed by atoms with van der Waals surface area (Å²) in [5.74, 6) is 0. The highest BCUT2D eigenvalue weighted by molar-refractivity contribution is 7.00. The molecule has 83 heavy (non-hydrogen) atoms. The van der Waals surface area contributed by atoms with Crippen LogP contribution in [0.25, 0.3) is 66.8 Å². The largest absolute Gasteiger partial charge is 0.310 e. The van der Waals surface area contributed by atoms with E-state index in [1.807, 2.05) is 0 Å². The van der Waals surface area contributed by atoms with Gasteiger partial charge in [-0.3, -0.25) is 0 Å². The fourth-order valence-corrected chi connectivity index (χ4v) is 13.0. The molecule has 0 spiro atoms. The molecule has 2 aliphatic rings. The zero-order valence-corrected chi connectivity index (χ0v) is 49.3. The zero-order valence-electron chi connectivity index (χ0n) is 49.3. The molecular formula is C80H73BN2. The lowest BCUT2D eigenvalue weighted by Gasteiger charge is -2.46. The number of benzene rings is 11. The summed E-state index contributed by atoms with van der Waals surface area (Å²) in [7, 11) is 0. The van der Waals surface area contributed by atoms with Gasteiger partial charge in [0.25, 0.3) is 6.71 Å². The van der Waals surface area contributed by atoms with Crippen molar-refractivity contribution in [2.24, 2.45) is 0 Å². The van der Waals surface area contributed by atoms with E-state index in [1.54, 1.807) is 0 Å². The first-order chi connectivity index (χ1) is 40.4. The predicted molar refractivity (Wildman–Crippen MR) is 358 cm³/mol. The molecule has 0 atom stereocenters. The van der Waals surface area contributed by atoms with Crippen molar-refractivity contribution in [2.75, 3.05) is 9.80 Å². The van der Waals surface area contributed by atoms with Gasteiger partial charge in [0.1, 0.15) is 0 Å². The monoisotopic (exact) mass is 1070 g/mol. The molecule has 3 heteroatoms. The van der Waals surface area contributed by atoms with Crippen molar-refractivity contribution < 1.29 is 0 Å². The minimum Gasteiger partial charge on any atom is -0.310 e. The van der Waals surface area contributed by atoms with Gasteiger partial charge in [-0.2, -0.15) is 0 Å². The van der Waals surface area contributed by atoms with Crippen LogP contribution in [0.4, 0.5) is 34.1 Å². The van der Waals surface area contributed by atoms with Crippen LogP contribution in [0.1, 0.15) is 90.8 Å². The molecule has 13 rings (SSSR count). The topological polar surface area (TPSA) is 6.48 Å². The maximum Gasteiger partial charge on any atom is 0.252 e. The Hall–Kier alpha value is -8.92. The Bertz CT molecular complexity index is 3740. The molecule has 11 aromatic carbocycles. The van der Waals surface area contributed by atoms with Crippen LogP contribution in [0, 0.1) is 0 Å². The van der Waals surface area contributed by atoms with Gasteiger partial charge in [-0.1, -0.05) is 274 Å². The van der Waals surface area contributed by atoms with Crippen LogP contribution >= 0.6 is 0 Å². The second kappa shape index (κ2) is 22.1. The molecule has 2 aliphatic heterocycles. The van der Waals surface area contributed by atoms with E-state index in [0.29, 0.717) is 0 Å². The molecular weight excluding hydrogens is 1000 g/mol. The third kappa shape index (κ3) is 10.1. The van der Waals surface area contributed by atoms with E-state index in [1.165, 1.54) is 153 Å². The van der Waals surface area contributed by atoms with E-state index >= 15 is 0 Å². The minimum atomic E-state index is -0.137. The van der Waals surface area contributed by atoms with E-state index in [0.717, 1.165) is 12.8 Å². The maximum atomic E-state index is 2.72. The first-order valence-electron chi connectivity index (χ1n) is 30.2. The Kier molecular flexibility index (Phi) is 14.2. The summed E-state index contributed by atoms with van der Waals surface area (Å²) in [6.45, 7) is 16.3. The summed E-state index contributed by atoms with van der Waals surface area (Å²) in [5, 5.41) is 0. The highest BCUT2D eigenvalue weighted by Gasteiger charge is 2.46. The summed E-state index contributed by atoms with van der Waals surface area (Å²) in [4.78, 5) is 5.43. The van der Waals surface area contributed by atoms with Gasteiger partial charge in [0.05, 0.1) is 11.4 Å². The van der Waals surface area contributed by atoms with Crippen molar-refractivity contribution in [3.05, 3.63) is 271 Å². The third-order valence-electron chi connectivity index (χ3n) is 17.4. The standard InChI is InChI=1S/C80H73BN2/c1-8-9-10-17-30-55-47-74-76-75(48-55)83(78-68(60-39-26-15-27-40-60)53-65(80(5,6)7)54-69(78)61-41-28-16-29-42-61)73-46-44-63(57-33-20-12-21-34-57)50-71(73)81(76)70-49-62(56-31-18-11-19-32-56)43-45-72(70)82(74)77-66(58-35-22-13-23-36-58)51-64(79(2,3)4)52-67(77)59-37-24-14-25-38-59/h11-16,18-29,31-54H,8-10,17,30H2,1-7H3. The van der Waals surface area contributed by atoms with E-state index < -0.39 is 0 Å². The van der Waals surface area contributed by atoms with Gasteiger partial charge >= 0.3 is 0 Å². The summed E-state index contributed by atoms with van der Waals surface area (Å²) in [5.41, 5.74) is 29.2. The Morgan fingerprint density at radius 2 is 0.639 bits per heavy atom. The van der Waals surface area contributed by atoms with Gasteiger partial charge < -0.3 is 9.80 Å². The first-order valence-corrected chi connectivity index (χ1v) is 30.2. The first kappa shape index (κ1) is 53.4. The van der Waals surface area contributed by atoms with Crippen molar-refractivity contribution in [3.63, 3.8) is 0 Å². The van der Waals surface area contributed by atoms with Gasteiger partial charge in [0, 0.05) is 45.0 Å². The predicted octanol–water partition coefficient (Wildman–Crippen LogP) is 20.5. The number of nitrogens with zero attached hydrogens (tertiary/aromatic N) is 2. The Morgan fingerprint density at radius 1 is 0.313 bits per heavy atom. The lowest BCUT2D eigenvalue weighted by molar-refractivity contribution is 0.590. The third-order valence-corrected chi connectivity index (χ3v) is 17.4. The molecule has 0 saturated heterocycles. The summed E-state index contributed by atoms with van der Waals surface area (Å²) in [6.07, 6.45) is 5.66. The fraction of sp³-hybridized carbons (Fsp3) is 0.175. The molecule has 2 nitrogen and oxygen atoms in total. The molecule has 0 N–H and O–H groups in total. The number of fused-ring (bicyclic) bond motifs is 4. The van der Waals surface area contributed by atoms with Crippen LogP contribution in [0.5, 0.6) is 0 Å². The van der Waals surface area contributed by atoms with Crippen molar-refractivity contribution in [1.82, 2.24) is 0 Å². The van der Waals surface area contributed by atoms with Crippen LogP contribution < -0.4 is 26.2 Å². The highest BCUT2D eigenvalue weighted by Crippen LogP contribution is 2.54. The van der Waals surface area contributed by atoms with Crippen LogP contribution in [0.3, 0.4) is 0 Å². The lowest BCUT2D eigenvalue weighted by Crippen LogP contribution is -2.61. The average Bonchev–Trinajstić information content (AvgIpc) is 1.23. The summed E-state index contributed by atoms with van der Waals surface area (Å²) >= 11 is 0. The second-order valence-electron chi connectivity index (χ2n) is 25.0. The van der Waals surface area contributed by atoms with Crippen molar-refractivity contribution in [1.29, 1.82) is 0 Å². The summed E-state index contributed by atoms with van der Waals surface area (Å²) < 4.78 is 0. The quantitative estimate of drug-likeness (QED) is 0.0839. The molecule has 0 radical (unpaired) electrons. The van der Waals surface area contributed by atoms with Crippen LogP contribution in [0.15, 0.2) is 255 Å². The zero-order chi connectivity index (χ0) is 56.8. The molecule has 0 aromatic heterocycles. The van der Waals surface area contributed by atoms with Gasteiger partial charge in [0.15, 0.2) is 0 Å². The van der Waals surface area contributed by atoms with E-state index in [9.17, 15) is 0 Å². The number of rotatable bonds is 13. The van der Waals surface area contributed by atoms with Gasteiger partial charge in [-0.05, 0) is 150 Å². The average molecular weight is 1070 g/mol. The maximum absolute atomic E-state index is 2.72. The molecule has 0 amide bonds. The number of aryl methyl sites for hydroxylation is 1. The molecule has 0 saturated carbocycles. The van der Waals surface area contributed by atoms with Crippen LogP contribution in [-0.2, 0) is 17.3 Å². The van der Waals surface area contributed by atoms with E-state index in [2.05, 4.69) is 313 Å². The van der Waals surface area contributed by atoms with Crippen molar-refractivity contribution in [3.8, 4) is 66.8 Å². The van der Waals surface area contributed by atoms with Crippen LogP contribution in [-0.4, -0.2) is 6.71 Å². The van der Waals surface area contributed by atoms with E-state index in [-0.39, 0.29) is 17.5 Å². The number of hydrogen-bond donors (Lipinski definition) is 0. The molecule has 11 aromatic rings. The molecule has 0 fully saturated rings. The van der Waals surface area contributed by atoms with Gasteiger partial charge in [-0.25, -0.2) is 0 Å². The summed E-state index contributed by atoms with van der Waals surface area (Å²) in [6, 6.07) is 96.7. The molecule has 0 bridgehead atoms. The molecule has 0 unspecified atom stereocenters. The highest BCUT2D eigenvalue weighted by atomic mass is 15.2. The molecule has 0 aliphatic carbocycles. The smallest absolute Gasteiger partial charge is 0.252 e. The van der Waals surface area contributed by atoms with Gasteiger partial charge in [0.2, 0.25) is 0 Å². The Labute approximate surface area is 493 Å². The lowest BCUT2D eigenvalue weighted by atomic mass is 9.33. The van der Waals surface area contributed by atoms with Crippen LogP contribution in [0.2, 0.25) is 0 Å². The van der Waals surface area contributed by atoms with E-state index in [4.69, 9.17) is 0 Å². The number of unbranched alkanes of at least 4 members (excludes halogenated alkanes) is 3. The number of hydrogen-bond acceptors (Lipinski definition) is 2. The normalized spacial score (nSPS) is 12.7. The molecule has 2 heterocycles. The fourth-order valence-electron chi connectivity index (χ4n) is 13.0. The van der Waals surface area contributed by atoms with Crippen molar-refractivity contribution >= 4 is 57.2 Å². The Morgan fingerprint density at radius 3 is 0.952 bits per heavy atom. The molecule has 406 valence electrons. The number of anilines is 6. The second-order valence-corrected chi connectivity index (χ2v) is 25.0. The van der Waals surface area contributed by atoms with Crippen molar-refractivity contribution in [2.45, 2.75) is 91.4 Å². The SMILES string of the molecule is CCCCCCc1cc2c3c(c1)N(c1c(-c4ccccc4)cc(C(C)(C)C)cc1-c1ccccc1)c1ccc(-c4ccccc4)cc1B3c1cc(-c3ccccc3)ccc1N2c1c(-c2ccccc2)cc(C(C)(C)C)cc1-c1ccccc1. The van der Waals surface area contributed by atoms with Gasteiger partial charge in [-0.15, -0.1) is 0 Å². The Balaban J connectivity index is 1.23.